The summed E-state index contributed by atoms with van der Waals surface area (Å²) in [6, 6.07) is 2.67. The molecule has 0 aliphatic rings. The van der Waals surface area contributed by atoms with Gasteiger partial charge in [0.05, 0.1) is 18.2 Å². The molecule has 0 unspecified atom stereocenters. The lowest BCUT2D eigenvalue weighted by atomic mass is 10.2. The summed E-state index contributed by atoms with van der Waals surface area (Å²) < 4.78 is 27.0. The molecule has 0 saturated heterocycles. The summed E-state index contributed by atoms with van der Waals surface area (Å²) >= 11 is 13.2. The summed E-state index contributed by atoms with van der Waals surface area (Å²) in [6.45, 7) is 1.50. The fourth-order valence-electron chi connectivity index (χ4n) is 1.65. The zero-order valence-corrected chi connectivity index (χ0v) is 14.1. The molecule has 2 rings (SSSR count). The minimum Gasteiger partial charge on any atom is -0.392 e. The fraction of sp³-hybridized carbons (Fsp3) is 0.250. The van der Waals surface area contributed by atoms with E-state index in [2.05, 4.69) is 9.71 Å². The van der Waals surface area contributed by atoms with Gasteiger partial charge in [0.2, 0.25) is 10.0 Å². The Morgan fingerprint density at radius 3 is 2.67 bits per heavy atom. The lowest BCUT2D eigenvalue weighted by Crippen LogP contribution is -2.23. The van der Waals surface area contributed by atoms with Gasteiger partial charge >= 0.3 is 0 Å². The largest absolute Gasteiger partial charge is 0.392 e. The molecule has 0 radical (unpaired) electrons. The van der Waals surface area contributed by atoms with Crippen LogP contribution in [0, 0.1) is 6.92 Å². The number of benzene rings is 1. The number of sulfonamides is 1. The predicted molar refractivity (Wildman–Crippen MR) is 83.3 cm³/mol. The van der Waals surface area contributed by atoms with Gasteiger partial charge in [0.1, 0.15) is 9.90 Å². The Hall–Kier alpha value is -0.700. The average molecular weight is 367 g/mol. The third-order valence-electron chi connectivity index (χ3n) is 2.62. The third kappa shape index (κ3) is 3.94. The first-order valence-electron chi connectivity index (χ1n) is 5.83. The summed E-state index contributed by atoms with van der Waals surface area (Å²) in [5.41, 5.74) is 1.09. The number of aromatic nitrogens is 1. The summed E-state index contributed by atoms with van der Waals surface area (Å²) in [5.74, 6) is 0. The predicted octanol–water partition coefficient (Wildman–Crippen LogP) is 2.73. The molecule has 114 valence electrons. The highest BCUT2D eigenvalue weighted by Gasteiger charge is 2.21. The van der Waals surface area contributed by atoms with Crippen molar-refractivity contribution in [1.29, 1.82) is 0 Å². The number of hydrogen-bond donors (Lipinski definition) is 2. The third-order valence-corrected chi connectivity index (χ3v) is 5.79. The Bertz CT molecular complexity index is 760. The van der Waals surface area contributed by atoms with Crippen LogP contribution >= 0.6 is 34.5 Å². The molecule has 9 heteroatoms. The van der Waals surface area contributed by atoms with Crippen molar-refractivity contribution in [1.82, 2.24) is 9.71 Å². The van der Waals surface area contributed by atoms with Gasteiger partial charge in [-0.25, -0.2) is 18.1 Å². The molecule has 1 heterocycles. The van der Waals surface area contributed by atoms with E-state index >= 15 is 0 Å². The summed E-state index contributed by atoms with van der Waals surface area (Å²) in [4.78, 5) is 4.02. The zero-order valence-electron chi connectivity index (χ0n) is 10.9. The summed E-state index contributed by atoms with van der Waals surface area (Å²) in [6.07, 6.45) is 0. The highest BCUT2D eigenvalue weighted by molar-refractivity contribution is 7.89. The van der Waals surface area contributed by atoms with Crippen LogP contribution in [0.4, 0.5) is 0 Å². The van der Waals surface area contributed by atoms with Crippen LogP contribution in [-0.4, -0.2) is 18.5 Å². The van der Waals surface area contributed by atoms with Crippen molar-refractivity contribution in [2.45, 2.75) is 25.0 Å². The molecular formula is C12H12Cl2N2O3S2. The second-order valence-corrected chi connectivity index (χ2v) is 7.73. The highest BCUT2D eigenvalue weighted by Crippen LogP contribution is 2.29. The lowest BCUT2D eigenvalue weighted by molar-refractivity contribution is 0.281. The number of aryl methyl sites for hydroxylation is 1. The van der Waals surface area contributed by atoms with Crippen LogP contribution in [0.5, 0.6) is 0 Å². The average Bonchev–Trinajstić information content (AvgIpc) is 2.84. The van der Waals surface area contributed by atoms with E-state index in [1.54, 1.807) is 0 Å². The number of aliphatic hydroxyl groups excluding tert-OH is 1. The first-order valence-corrected chi connectivity index (χ1v) is 8.95. The SMILES string of the molecule is Cc1csc(CNS(=O)(=O)c2cc(Cl)cc(CO)c2Cl)n1. The van der Waals surface area contributed by atoms with E-state index in [0.29, 0.717) is 5.01 Å². The molecule has 1 aromatic heterocycles. The Balaban J connectivity index is 2.29. The lowest BCUT2D eigenvalue weighted by Gasteiger charge is -2.10. The fourth-order valence-corrected chi connectivity index (χ4v) is 4.36. The van der Waals surface area contributed by atoms with Crippen LogP contribution in [0.1, 0.15) is 16.3 Å². The van der Waals surface area contributed by atoms with E-state index in [0.717, 1.165) is 5.69 Å². The maximum atomic E-state index is 12.3. The van der Waals surface area contributed by atoms with Crippen LogP contribution in [0.3, 0.4) is 0 Å². The van der Waals surface area contributed by atoms with Gasteiger partial charge in [-0.3, -0.25) is 0 Å². The first-order chi connectivity index (χ1) is 9.83. The molecule has 0 aliphatic heterocycles. The van der Waals surface area contributed by atoms with Crippen LogP contribution in [0.15, 0.2) is 22.4 Å². The van der Waals surface area contributed by atoms with Crippen molar-refractivity contribution in [3.63, 3.8) is 0 Å². The molecular weight excluding hydrogens is 355 g/mol. The Morgan fingerprint density at radius 1 is 1.38 bits per heavy atom. The van der Waals surface area contributed by atoms with E-state index in [1.165, 1.54) is 23.5 Å². The van der Waals surface area contributed by atoms with Gasteiger partial charge in [-0.05, 0) is 24.6 Å². The van der Waals surface area contributed by atoms with Crippen molar-refractivity contribution < 1.29 is 13.5 Å². The molecule has 21 heavy (non-hydrogen) atoms. The van der Waals surface area contributed by atoms with E-state index in [9.17, 15) is 13.5 Å². The van der Waals surface area contributed by atoms with Crippen molar-refractivity contribution in [3.8, 4) is 0 Å². The van der Waals surface area contributed by atoms with Crippen LogP contribution in [0.25, 0.3) is 0 Å². The van der Waals surface area contributed by atoms with Crippen LogP contribution in [0.2, 0.25) is 10.0 Å². The summed E-state index contributed by atoms with van der Waals surface area (Å²) in [5, 5.41) is 11.8. The number of halogens is 2. The van der Waals surface area contributed by atoms with Crippen molar-refractivity contribution in [2.75, 3.05) is 0 Å². The minimum atomic E-state index is -3.85. The second kappa shape index (κ2) is 6.60. The standard InChI is InChI=1S/C12H12Cl2N2O3S2/c1-7-6-20-11(16-7)4-15-21(18,19)10-3-9(13)2-8(5-17)12(10)14/h2-3,6,15,17H,4-5H2,1H3. The van der Waals surface area contributed by atoms with E-state index in [4.69, 9.17) is 23.2 Å². The van der Waals surface area contributed by atoms with E-state index in [1.807, 2.05) is 12.3 Å². The molecule has 0 amide bonds. The van der Waals surface area contributed by atoms with Crippen LogP contribution < -0.4 is 4.72 Å². The monoisotopic (exact) mass is 366 g/mol. The molecule has 0 spiro atoms. The number of rotatable bonds is 5. The smallest absolute Gasteiger partial charge is 0.242 e. The molecule has 5 nitrogen and oxygen atoms in total. The zero-order chi connectivity index (χ0) is 15.6. The molecule has 2 N–H and O–H groups in total. The number of nitrogens with one attached hydrogen (secondary N) is 1. The van der Waals surface area contributed by atoms with E-state index < -0.39 is 16.6 Å². The maximum absolute atomic E-state index is 12.3. The molecule has 0 bridgehead atoms. The van der Waals surface area contributed by atoms with Gasteiger partial charge in [-0.15, -0.1) is 11.3 Å². The van der Waals surface area contributed by atoms with E-state index in [-0.39, 0.29) is 27.0 Å². The Kier molecular flexibility index (Phi) is 5.24. The summed E-state index contributed by atoms with van der Waals surface area (Å²) in [7, 11) is -3.85. The minimum absolute atomic E-state index is 0.0373. The van der Waals surface area contributed by atoms with Crippen molar-refractivity contribution >= 4 is 44.6 Å². The second-order valence-electron chi connectivity index (χ2n) is 4.24. The number of aliphatic hydroxyl groups is 1. The highest BCUT2D eigenvalue weighted by atomic mass is 35.5. The number of hydrogen-bond acceptors (Lipinski definition) is 5. The van der Waals surface area contributed by atoms with Crippen molar-refractivity contribution in [2.24, 2.45) is 0 Å². The molecule has 2 aromatic rings. The number of nitrogens with zero attached hydrogens (tertiary/aromatic N) is 1. The maximum Gasteiger partial charge on any atom is 0.242 e. The molecule has 0 fully saturated rings. The van der Waals surface area contributed by atoms with Gasteiger partial charge < -0.3 is 5.11 Å². The van der Waals surface area contributed by atoms with Crippen molar-refractivity contribution in [3.05, 3.63) is 43.8 Å². The van der Waals surface area contributed by atoms with Gasteiger partial charge in [-0.2, -0.15) is 0 Å². The first kappa shape index (κ1) is 16.7. The van der Waals surface area contributed by atoms with Gasteiger partial charge in [0.25, 0.3) is 0 Å². The molecule has 0 aliphatic carbocycles. The Morgan fingerprint density at radius 2 is 2.10 bits per heavy atom. The van der Waals surface area contributed by atoms with Crippen LogP contribution in [-0.2, 0) is 23.2 Å². The Labute approximate surface area is 136 Å². The van der Waals surface area contributed by atoms with Gasteiger partial charge in [-0.1, -0.05) is 23.2 Å². The normalized spacial score (nSPS) is 11.8. The molecule has 0 saturated carbocycles. The quantitative estimate of drug-likeness (QED) is 0.852. The topological polar surface area (TPSA) is 79.3 Å². The van der Waals surface area contributed by atoms with Gasteiger partial charge in [0, 0.05) is 16.1 Å². The number of thiazole rings is 1. The van der Waals surface area contributed by atoms with Gasteiger partial charge in [0.15, 0.2) is 0 Å². The molecule has 0 atom stereocenters. The molecule has 1 aromatic carbocycles.